The smallest absolute Gasteiger partial charge is 0.339 e. The first kappa shape index (κ1) is 15.1. The number of benzene rings is 1. The Kier molecular flexibility index (Phi) is 5.40. The first-order chi connectivity index (χ1) is 10.2. The molecule has 5 heteroatoms. The number of hydrogen-bond acceptors (Lipinski definition) is 4. The average molecular weight is 289 g/mol. The molecule has 0 radical (unpaired) electrons. The highest BCUT2D eigenvalue weighted by Gasteiger charge is 2.11. The molecule has 0 saturated heterocycles. The standard InChI is InChI=1S/C16H19NO4/c1-2-17(12-13-6-5-10-20-13)9-11-21-15-8-4-3-7-14(15)16(18)19/h3-8,10H,2,9,11-12H2,1H3,(H,18,19). The molecule has 0 aliphatic rings. The third kappa shape index (κ3) is 4.36. The Labute approximate surface area is 123 Å². The second kappa shape index (κ2) is 7.50. The summed E-state index contributed by atoms with van der Waals surface area (Å²) in [5.41, 5.74) is 0.187. The summed E-state index contributed by atoms with van der Waals surface area (Å²) < 4.78 is 10.9. The van der Waals surface area contributed by atoms with E-state index in [1.54, 1.807) is 24.5 Å². The Bertz CT molecular complexity index is 565. The molecule has 1 aromatic heterocycles. The summed E-state index contributed by atoms with van der Waals surface area (Å²) in [7, 11) is 0. The maximum absolute atomic E-state index is 11.1. The quantitative estimate of drug-likeness (QED) is 0.809. The molecule has 2 aromatic rings. The van der Waals surface area contributed by atoms with Crippen molar-refractivity contribution in [2.24, 2.45) is 0 Å². The molecule has 5 nitrogen and oxygen atoms in total. The minimum absolute atomic E-state index is 0.187. The second-order valence-electron chi connectivity index (χ2n) is 4.60. The highest BCUT2D eigenvalue weighted by Crippen LogP contribution is 2.17. The molecular weight excluding hydrogens is 270 g/mol. The summed E-state index contributed by atoms with van der Waals surface area (Å²) in [5, 5.41) is 9.09. The molecule has 0 saturated carbocycles. The van der Waals surface area contributed by atoms with Crippen molar-refractivity contribution in [2.45, 2.75) is 13.5 Å². The number of aromatic carboxylic acids is 1. The number of carbonyl (C=O) groups is 1. The van der Waals surface area contributed by atoms with Gasteiger partial charge in [-0.05, 0) is 30.8 Å². The van der Waals surface area contributed by atoms with E-state index in [1.165, 1.54) is 6.07 Å². The maximum atomic E-state index is 11.1. The third-order valence-electron chi connectivity index (χ3n) is 3.19. The molecule has 1 N–H and O–H groups in total. The first-order valence-electron chi connectivity index (χ1n) is 6.90. The van der Waals surface area contributed by atoms with Gasteiger partial charge in [0.05, 0.1) is 12.8 Å². The minimum Gasteiger partial charge on any atom is -0.491 e. The van der Waals surface area contributed by atoms with E-state index >= 15 is 0 Å². The number of hydrogen-bond donors (Lipinski definition) is 1. The van der Waals surface area contributed by atoms with Crippen LogP contribution in [0.1, 0.15) is 23.0 Å². The number of carboxylic acid groups (broad SMARTS) is 1. The van der Waals surface area contributed by atoms with Crippen molar-refractivity contribution in [1.82, 2.24) is 4.90 Å². The normalized spacial score (nSPS) is 10.8. The first-order valence-corrected chi connectivity index (χ1v) is 6.90. The summed E-state index contributed by atoms with van der Waals surface area (Å²) >= 11 is 0. The van der Waals surface area contributed by atoms with Crippen LogP contribution >= 0.6 is 0 Å². The monoisotopic (exact) mass is 289 g/mol. The van der Waals surface area contributed by atoms with Crippen molar-refractivity contribution in [3.05, 3.63) is 54.0 Å². The van der Waals surface area contributed by atoms with Crippen LogP contribution in [-0.4, -0.2) is 35.7 Å². The SMILES string of the molecule is CCN(CCOc1ccccc1C(=O)O)Cc1ccco1. The fourth-order valence-corrected chi connectivity index (χ4v) is 2.03. The van der Waals surface area contributed by atoms with Gasteiger partial charge in [0.15, 0.2) is 0 Å². The number of likely N-dealkylation sites (N-methyl/N-ethyl adjacent to an activating group) is 1. The number of furan rings is 1. The van der Waals surface area contributed by atoms with Gasteiger partial charge in [-0.2, -0.15) is 0 Å². The summed E-state index contributed by atoms with van der Waals surface area (Å²) in [6, 6.07) is 10.5. The second-order valence-corrected chi connectivity index (χ2v) is 4.60. The van der Waals surface area contributed by atoms with Gasteiger partial charge in [-0.3, -0.25) is 4.90 Å². The summed E-state index contributed by atoms with van der Waals surface area (Å²) in [6.07, 6.45) is 1.66. The van der Waals surface area contributed by atoms with Gasteiger partial charge in [0, 0.05) is 6.54 Å². The number of nitrogens with zero attached hydrogens (tertiary/aromatic N) is 1. The largest absolute Gasteiger partial charge is 0.491 e. The van der Waals surface area contributed by atoms with Gasteiger partial charge in [-0.25, -0.2) is 4.79 Å². The van der Waals surface area contributed by atoms with Crippen molar-refractivity contribution < 1.29 is 19.1 Å². The zero-order valence-electron chi connectivity index (χ0n) is 12.0. The van der Waals surface area contributed by atoms with Gasteiger partial charge in [0.25, 0.3) is 0 Å². The lowest BCUT2D eigenvalue weighted by molar-refractivity contribution is 0.0691. The van der Waals surface area contributed by atoms with Crippen molar-refractivity contribution in [1.29, 1.82) is 0 Å². The Morgan fingerprint density at radius 1 is 1.29 bits per heavy atom. The zero-order valence-corrected chi connectivity index (χ0v) is 12.0. The van der Waals surface area contributed by atoms with Crippen LogP contribution in [0.5, 0.6) is 5.75 Å². The van der Waals surface area contributed by atoms with Crippen molar-refractivity contribution >= 4 is 5.97 Å². The molecule has 0 bridgehead atoms. The lowest BCUT2D eigenvalue weighted by Gasteiger charge is -2.19. The van der Waals surface area contributed by atoms with Crippen molar-refractivity contribution in [3.63, 3.8) is 0 Å². The number of ether oxygens (including phenoxy) is 1. The molecular formula is C16H19NO4. The zero-order chi connectivity index (χ0) is 15.1. The van der Waals surface area contributed by atoms with E-state index in [9.17, 15) is 4.79 Å². The Hall–Kier alpha value is -2.27. The molecule has 0 fully saturated rings. The van der Waals surface area contributed by atoms with Gasteiger partial charge in [0.2, 0.25) is 0 Å². The van der Waals surface area contributed by atoms with Crippen molar-refractivity contribution in [3.8, 4) is 5.75 Å². The van der Waals surface area contributed by atoms with E-state index < -0.39 is 5.97 Å². The molecule has 112 valence electrons. The topological polar surface area (TPSA) is 62.9 Å². The number of para-hydroxylation sites is 1. The van der Waals surface area contributed by atoms with E-state index in [0.717, 1.165) is 12.3 Å². The van der Waals surface area contributed by atoms with Gasteiger partial charge in [-0.1, -0.05) is 19.1 Å². The predicted molar refractivity (Wildman–Crippen MR) is 78.6 cm³/mol. The highest BCUT2D eigenvalue weighted by molar-refractivity contribution is 5.90. The molecule has 0 aliphatic heterocycles. The highest BCUT2D eigenvalue weighted by atomic mass is 16.5. The van der Waals surface area contributed by atoms with Crippen LogP contribution < -0.4 is 4.74 Å². The number of rotatable bonds is 8. The molecule has 0 amide bonds. The van der Waals surface area contributed by atoms with Crippen LogP contribution in [0.15, 0.2) is 47.1 Å². The minimum atomic E-state index is -0.978. The van der Waals surface area contributed by atoms with Crippen LogP contribution in [0, 0.1) is 0 Å². The fourth-order valence-electron chi connectivity index (χ4n) is 2.03. The van der Waals surface area contributed by atoms with E-state index in [1.807, 2.05) is 12.1 Å². The molecule has 1 heterocycles. The Morgan fingerprint density at radius 3 is 2.76 bits per heavy atom. The molecule has 1 aromatic carbocycles. The Morgan fingerprint density at radius 2 is 2.10 bits per heavy atom. The average Bonchev–Trinajstić information content (AvgIpc) is 2.99. The van der Waals surface area contributed by atoms with Crippen LogP contribution in [0.25, 0.3) is 0 Å². The van der Waals surface area contributed by atoms with Gasteiger partial charge >= 0.3 is 5.97 Å². The van der Waals surface area contributed by atoms with E-state index in [-0.39, 0.29) is 5.56 Å². The molecule has 2 rings (SSSR count). The molecule has 0 unspecified atom stereocenters. The summed E-state index contributed by atoms with van der Waals surface area (Å²) in [5.74, 6) is 0.329. The van der Waals surface area contributed by atoms with E-state index in [2.05, 4.69) is 11.8 Å². The molecule has 0 spiro atoms. The summed E-state index contributed by atoms with van der Waals surface area (Å²) in [6.45, 7) is 4.77. The van der Waals surface area contributed by atoms with E-state index in [4.69, 9.17) is 14.3 Å². The van der Waals surface area contributed by atoms with Gasteiger partial charge < -0.3 is 14.3 Å². The van der Waals surface area contributed by atoms with Gasteiger partial charge in [-0.15, -0.1) is 0 Å². The molecule has 0 atom stereocenters. The van der Waals surface area contributed by atoms with Crippen LogP contribution in [0.2, 0.25) is 0 Å². The van der Waals surface area contributed by atoms with Crippen LogP contribution in [-0.2, 0) is 6.54 Å². The third-order valence-corrected chi connectivity index (χ3v) is 3.19. The van der Waals surface area contributed by atoms with E-state index in [0.29, 0.717) is 25.4 Å². The lowest BCUT2D eigenvalue weighted by Crippen LogP contribution is -2.27. The summed E-state index contributed by atoms with van der Waals surface area (Å²) in [4.78, 5) is 13.3. The lowest BCUT2D eigenvalue weighted by atomic mass is 10.2. The molecule has 21 heavy (non-hydrogen) atoms. The van der Waals surface area contributed by atoms with Crippen LogP contribution in [0.3, 0.4) is 0 Å². The predicted octanol–water partition coefficient (Wildman–Crippen LogP) is 2.88. The van der Waals surface area contributed by atoms with Crippen molar-refractivity contribution in [2.75, 3.05) is 19.7 Å². The van der Waals surface area contributed by atoms with Crippen LogP contribution in [0.4, 0.5) is 0 Å². The van der Waals surface area contributed by atoms with Gasteiger partial charge in [0.1, 0.15) is 23.7 Å². The fraction of sp³-hybridized carbons (Fsp3) is 0.312. The molecule has 0 aliphatic carbocycles. The number of carboxylic acids is 1. The maximum Gasteiger partial charge on any atom is 0.339 e. The Balaban J connectivity index is 1.87.